The van der Waals surface area contributed by atoms with Crippen molar-refractivity contribution in [3.63, 3.8) is 0 Å². The zero-order valence-electron chi connectivity index (χ0n) is 13.0. The monoisotopic (exact) mass is 346 g/mol. The van der Waals surface area contributed by atoms with E-state index in [0.717, 1.165) is 24.8 Å². The van der Waals surface area contributed by atoms with Gasteiger partial charge in [0.1, 0.15) is 23.1 Å². The molecule has 0 N–H and O–H groups in total. The summed E-state index contributed by atoms with van der Waals surface area (Å²) in [4.78, 5) is 19.4. The summed E-state index contributed by atoms with van der Waals surface area (Å²) in [5.41, 5.74) is 1.35. The van der Waals surface area contributed by atoms with Crippen LogP contribution in [0.5, 0.6) is 0 Å². The molecule has 0 spiro atoms. The van der Waals surface area contributed by atoms with Crippen LogP contribution in [-0.2, 0) is 25.8 Å². The van der Waals surface area contributed by atoms with E-state index in [9.17, 15) is 13.6 Å². The standard InChI is InChI=1S/C18H16F2N2OS/c19-8-9-22-15(10-11-4-1-2-6-13(11)20)21-17-16(18(22)23)12-5-3-7-14(12)24-17/h1-2,4,6H,3,5,7-10H2. The lowest BCUT2D eigenvalue weighted by Gasteiger charge is -2.12. The second-order valence-corrected chi connectivity index (χ2v) is 7.06. The first-order chi connectivity index (χ1) is 11.7. The predicted octanol–water partition coefficient (Wildman–Crippen LogP) is 3.65. The van der Waals surface area contributed by atoms with Gasteiger partial charge in [0, 0.05) is 11.3 Å². The Morgan fingerprint density at radius 3 is 2.88 bits per heavy atom. The molecule has 0 saturated heterocycles. The number of thiophene rings is 1. The molecule has 0 amide bonds. The van der Waals surface area contributed by atoms with Crippen LogP contribution in [0.3, 0.4) is 0 Å². The third kappa shape index (κ3) is 2.45. The summed E-state index contributed by atoms with van der Waals surface area (Å²) in [7, 11) is 0. The van der Waals surface area contributed by atoms with Gasteiger partial charge in [0.2, 0.25) is 0 Å². The van der Waals surface area contributed by atoms with Gasteiger partial charge >= 0.3 is 0 Å². The molecule has 24 heavy (non-hydrogen) atoms. The van der Waals surface area contributed by atoms with Crippen molar-refractivity contribution < 1.29 is 8.78 Å². The van der Waals surface area contributed by atoms with Crippen LogP contribution in [0, 0.1) is 5.82 Å². The van der Waals surface area contributed by atoms with Gasteiger partial charge in [-0.25, -0.2) is 13.8 Å². The zero-order valence-corrected chi connectivity index (χ0v) is 13.8. The Hall–Kier alpha value is -2.08. The highest BCUT2D eigenvalue weighted by atomic mass is 32.1. The first-order valence-electron chi connectivity index (χ1n) is 8.02. The van der Waals surface area contributed by atoms with Crippen LogP contribution < -0.4 is 5.56 Å². The van der Waals surface area contributed by atoms with Crippen molar-refractivity contribution in [2.24, 2.45) is 0 Å². The largest absolute Gasteiger partial charge is 0.293 e. The lowest BCUT2D eigenvalue weighted by atomic mass is 10.1. The molecular formula is C18H16F2N2OS. The van der Waals surface area contributed by atoms with Gasteiger partial charge in [-0.1, -0.05) is 18.2 Å². The van der Waals surface area contributed by atoms with Crippen LogP contribution in [0.2, 0.25) is 0 Å². The van der Waals surface area contributed by atoms with Gasteiger partial charge in [0.05, 0.1) is 11.9 Å². The fourth-order valence-corrected chi connectivity index (χ4v) is 4.65. The van der Waals surface area contributed by atoms with E-state index in [-0.39, 0.29) is 24.3 Å². The van der Waals surface area contributed by atoms with Gasteiger partial charge in [-0.3, -0.25) is 9.36 Å². The first kappa shape index (κ1) is 15.4. The van der Waals surface area contributed by atoms with Crippen molar-refractivity contribution in [3.8, 4) is 0 Å². The lowest BCUT2D eigenvalue weighted by Crippen LogP contribution is -2.26. The van der Waals surface area contributed by atoms with Crippen LogP contribution in [-0.4, -0.2) is 16.2 Å². The van der Waals surface area contributed by atoms with Gasteiger partial charge in [0.25, 0.3) is 5.56 Å². The Morgan fingerprint density at radius 2 is 2.08 bits per heavy atom. The molecule has 1 aliphatic carbocycles. The zero-order chi connectivity index (χ0) is 16.7. The van der Waals surface area contributed by atoms with Crippen LogP contribution in [0.15, 0.2) is 29.1 Å². The third-order valence-electron chi connectivity index (χ3n) is 4.52. The molecule has 3 aromatic rings. The number of hydrogen-bond acceptors (Lipinski definition) is 3. The number of rotatable bonds is 4. The van der Waals surface area contributed by atoms with Gasteiger partial charge in [0.15, 0.2) is 0 Å². The minimum absolute atomic E-state index is 0.0455. The van der Waals surface area contributed by atoms with Gasteiger partial charge in [-0.05, 0) is 36.5 Å². The van der Waals surface area contributed by atoms with Gasteiger partial charge in [-0.2, -0.15) is 0 Å². The molecule has 0 radical (unpaired) electrons. The summed E-state index contributed by atoms with van der Waals surface area (Å²) in [6.45, 7) is -0.695. The van der Waals surface area contributed by atoms with Crippen LogP contribution in [0.4, 0.5) is 8.78 Å². The average molecular weight is 346 g/mol. The van der Waals surface area contributed by atoms with Crippen molar-refractivity contribution in [2.75, 3.05) is 6.67 Å². The molecule has 124 valence electrons. The average Bonchev–Trinajstić information content (AvgIpc) is 3.13. The van der Waals surface area contributed by atoms with E-state index < -0.39 is 6.67 Å². The lowest BCUT2D eigenvalue weighted by molar-refractivity contribution is 0.432. The van der Waals surface area contributed by atoms with Gasteiger partial charge in [-0.15, -0.1) is 11.3 Å². The summed E-state index contributed by atoms with van der Waals surface area (Å²) in [6.07, 6.45) is 3.09. The number of aromatic nitrogens is 2. The van der Waals surface area contributed by atoms with E-state index in [2.05, 4.69) is 4.98 Å². The summed E-state index contributed by atoms with van der Waals surface area (Å²) in [5, 5.41) is 0.637. The van der Waals surface area contributed by atoms with Crippen molar-refractivity contribution >= 4 is 21.6 Å². The Morgan fingerprint density at radius 1 is 1.25 bits per heavy atom. The molecule has 0 unspecified atom stereocenters. The highest BCUT2D eigenvalue weighted by Gasteiger charge is 2.23. The maximum absolute atomic E-state index is 14.0. The number of nitrogens with zero attached hydrogens (tertiary/aromatic N) is 2. The summed E-state index contributed by atoms with van der Waals surface area (Å²) in [6, 6.07) is 6.41. The predicted molar refractivity (Wildman–Crippen MR) is 91.1 cm³/mol. The highest BCUT2D eigenvalue weighted by Crippen LogP contribution is 2.34. The number of halogens is 2. The number of benzene rings is 1. The van der Waals surface area contributed by atoms with E-state index in [1.165, 1.54) is 15.5 Å². The SMILES string of the molecule is O=c1c2c3c(sc2nc(Cc2ccccc2F)n1CCF)CCC3. The van der Waals surface area contributed by atoms with E-state index in [1.807, 2.05) is 0 Å². The number of fused-ring (bicyclic) bond motifs is 3. The molecule has 6 heteroatoms. The molecule has 0 saturated carbocycles. The summed E-state index contributed by atoms with van der Waals surface area (Å²) >= 11 is 1.54. The highest BCUT2D eigenvalue weighted by molar-refractivity contribution is 7.18. The smallest absolute Gasteiger partial charge is 0.262 e. The second-order valence-electron chi connectivity index (χ2n) is 5.98. The molecule has 0 fully saturated rings. The van der Waals surface area contributed by atoms with Crippen LogP contribution in [0.25, 0.3) is 10.2 Å². The molecule has 0 aliphatic heterocycles. The molecule has 1 aliphatic rings. The molecular weight excluding hydrogens is 330 g/mol. The third-order valence-corrected chi connectivity index (χ3v) is 5.70. The van der Waals surface area contributed by atoms with Gasteiger partial charge < -0.3 is 0 Å². The molecule has 3 nitrogen and oxygen atoms in total. The summed E-state index contributed by atoms with van der Waals surface area (Å²) < 4.78 is 28.3. The van der Waals surface area contributed by atoms with E-state index >= 15 is 0 Å². The number of alkyl halides is 1. The number of hydrogen-bond donors (Lipinski definition) is 0. The quantitative estimate of drug-likeness (QED) is 0.723. The molecule has 1 aromatic carbocycles. The Labute approximate surface area is 141 Å². The topological polar surface area (TPSA) is 34.9 Å². The van der Waals surface area contributed by atoms with Crippen molar-refractivity contribution in [1.82, 2.24) is 9.55 Å². The van der Waals surface area contributed by atoms with Crippen molar-refractivity contribution in [2.45, 2.75) is 32.2 Å². The first-order valence-corrected chi connectivity index (χ1v) is 8.84. The minimum atomic E-state index is -0.649. The molecule has 4 rings (SSSR count). The van der Waals surface area contributed by atoms with Crippen LogP contribution in [0.1, 0.15) is 28.2 Å². The molecule has 0 bridgehead atoms. The van der Waals surface area contributed by atoms with E-state index in [1.54, 1.807) is 29.5 Å². The Kier molecular flexibility index (Phi) is 3.92. The fourth-order valence-electron chi connectivity index (χ4n) is 3.38. The normalized spacial score (nSPS) is 13.6. The Balaban J connectivity index is 1.90. The molecule has 2 aromatic heterocycles. The molecule has 2 heterocycles. The maximum atomic E-state index is 14.0. The van der Waals surface area contributed by atoms with E-state index in [4.69, 9.17) is 0 Å². The second kappa shape index (κ2) is 6.09. The van der Waals surface area contributed by atoms with E-state index in [0.29, 0.717) is 21.6 Å². The summed E-state index contributed by atoms with van der Waals surface area (Å²) in [5.74, 6) is 0.0856. The molecule has 0 atom stereocenters. The number of aryl methyl sites for hydroxylation is 2. The Bertz CT molecular complexity index is 977. The van der Waals surface area contributed by atoms with Crippen LogP contribution >= 0.6 is 11.3 Å². The van der Waals surface area contributed by atoms with Crippen molar-refractivity contribution in [1.29, 1.82) is 0 Å². The minimum Gasteiger partial charge on any atom is -0.293 e. The fraction of sp³-hybridized carbons (Fsp3) is 0.333. The maximum Gasteiger partial charge on any atom is 0.262 e. The van der Waals surface area contributed by atoms with Crippen molar-refractivity contribution in [3.05, 3.63) is 62.3 Å².